The second-order valence-electron chi connectivity index (χ2n) is 2.75. The fourth-order valence-electron chi connectivity index (χ4n) is 1.22. The van der Waals surface area contributed by atoms with Crippen molar-refractivity contribution in [2.24, 2.45) is 4.99 Å². The van der Waals surface area contributed by atoms with Crippen LogP contribution < -0.4 is 11.1 Å². The maximum atomic E-state index is 5.70. The molecule has 12 heavy (non-hydrogen) atoms. The van der Waals surface area contributed by atoms with Crippen LogP contribution in [0, 0.1) is 6.92 Å². The summed E-state index contributed by atoms with van der Waals surface area (Å²) >= 11 is 0. The number of aliphatic imine (C=N–C) groups is 1. The lowest BCUT2D eigenvalue weighted by molar-refractivity contribution is 0.869. The first-order valence-electron chi connectivity index (χ1n) is 3.88. The van der Waals surface area contributed by atoms with Crippen LogP contribution >= 0.6 is 0 Å². The van der Waals surface area contributed by atoms with Gasteiger partial charge < -0.3 is 11.1 Å². The second-order valence-corrected chi connectivity index (χ2v) is 2.75. The molecule has 2 rings (SSSR count). The van der Waals surface area contributed by atoms with Crippen LogP contribution in [0.4, 0.5) is 5.82 Å². The minimum Gasteiger partial charge on any atom is -0.383 e. The minimum atomic E-state index is 0.626. The molecule has 0 amide bonds. The van der Waals surface area contributed by atoms with Crippen LogP contribution in [0.1, 0.15) is 5.69 Å². The van der Waals surface area contributed by atoms with E-state index in [0.29, 0.717) is 5.82 Å². The van der Waals surface area contributed by atoms with Gasteiger partial charge in [0, 0.05) is 12.6 Å². The van der Waals surface area contributed by atoms with Crippen LogP contribution in [0.25, 0.3) is 0 Å². The lowest BCUT2D eigenvalue weighted by atomic mass is 10.5. The molecule has 0 saturated heterocycles. The molecule has 0 aliphatic carbocycles. The molecule has 5 heteroatoms. The molecule has 3 N–H and O–H groups in total. The first-order chi connectivity index (χ1) is 5.77. The summed E-state index contributed by atoms with van der Waals surface area (Å²) in [6, 6.07) is 1.82. The normalized spacial score (nSPS) is 15.9. The van der Waals surface area contributed by atoms with Crippen molar-refractivity contribution in [2.75, 3.05) is 18.8 Å². The summed E-state index contributed by atoms with van der Waals surface area (Å²) in [5, 5.41) is 7.29. The molecule has 0 radical (unpaired) electrons. The minimum absolute atomic E-state index is 0.626. The van der Waals surface area contributed by atoms with Crippen LogP contribution in [-0.4, -0.2) is 28.8 Å². The van der Waals surface area contributed by atoms with Gasteiger partial charge in [0.2, 0.25) is 5.96 Å². The Morgan fingerprint density at radius 3 is 3.00 bits per heavy atom. The van der Waals surface area contributed by atoms with E-state index < -0.39 is 0 Å². The highest BCUT2D eigenvalue weighted by atomic mass is 15.4. The average Bonchev–Trinajstić information content (AvgIpc) is 2.58. The molecule has 1 aliphatic rings. The lowest BCUT2D eigenvalue weighted by Crippen LogP contribution is -2.28. The molecule has 0 bridgehead atoms. The van der Waals surface area contributed by atoms with Crippen LogP contribution in [0.3, 0.4) is 0 Å². The summed E-state index contributed by atoms with van der Waals surface area (Å²) in [6.45, 7) is 3.57. The molecule has 0 spiro atoms. The molecule has 0 fully saturated rings. The predicted molar refractivity (Wildman–Crippen MR) is 47.1 cm³/mol. The summed E-state index contributed by atoms with van der Waals surface area (Å²) in [7, 11) is 0. The van der Waals surface area contributed by atoms with Gasteiger partial charge in [-0.1, -0.05) is 0 Å². The van der Waals surface area contributed by atoms with Crippen molar-refractivity contribution in [3.8, 4) is 0 Å². The molecule has 1 aromatic rings. The Morgan fingerprint density at radius 1 is 1.67 bits per heavy atom. The van der Waals surface area contributed by atoms with Gasteiger partial charge >= 0.3 is 0 Å². The highest BCUT2D eigenvalue weighted by molar-refractivity contribution is 5.85. The molecule has 0 aromatic carbocycles. The number of nitrogens with two attached hydrogens (primary N) is 1. The van der Waals surface area contributed by atoms with E-state index in [1.165, 1.54) is 0 Å². The summed E-state index contributed by atoms with van der Waals surface area (Å²) in [5.41, 5.74) is 6.61. The molecule has 5 nitrogen and oxygen atoms in total. The maximum absolute atomic E-state index is 5.70. The van der Waals surface area contributed by atoms with E-state index >= 15 is 0 Å². The number of aromatic nitrogens is 2. The third-order valence-electron chi connectivity index (χ3n) is 1.72. The lowest BCUT2D eigenvalue weighted by Gasteiger charge is -2.02. The zero-order chi connectivity index (χ0) is 8.55. The first-order valence-corrected chi connectivity index (χ1v) is 3.88. The van der Waals surface area contributed by atoms with E-state index in [1.807, 2.05) is 13.0 Å². The van der Waals surface area contributed by atoms with Crippen molar-refractivity contribution < 1.29 is 0 Å². The molecular formula is C7H11N5. The predicted octanol–water partition coefficient (Wildman–Crippen LogP) is -0.419. The zero-order valence-corrected chi connectivity index (χ0v) is 6.91. The van der Waals surface area contributed by atoms with Gasteiger partial charge in [-0.3, -0.25) is 0 Å². The van der Waals surface area contributed by atoms with Crippen molar-refractivity contribution in [3.63, 3.8) is 0 Å². The molecule has 2 heterocycles. The van der Waals surface area contributed by atoms with Crippen molar-refractivity contribution in [3.05, 3.63) is 11.8 Å². The fraction of sp³-hybridized carbons (Fsp3) is 0.429. The third-order valence-corrected chi connectivity index (χ3v) is 1.72. The Bertz CT molecular complexity index is 325. The Labute approximate surface area is 70.3 Å². The summed E-state index contributed by atoms with van der Waals surface area (Å²) in [6.07, 6.45) is 0. The standard InChI is InChI=1S/C7H11N5/c1-5-4-6(8)12(11-5)7-9-2-3-10-7/h4H,2-3,8H2,1H3,(H,9,10). The van der Waals surface area contributed by atoms with E-state index in [1.54, 1.807) is 4.68 Å². The Balaban J connectivity index is 2.38. The van der Waals surface area contributed by atoms with Gasteiger partial charge in [-0.15, -0.1) is 0 Å². The highest BCUT2D eigenvalue weighted by Gasteiger charge is 2.11. The molecule has 1 aromatic heterocycles. The van der Waals surface area contributed by atoms with Gasteiger partial charge in [-0.2, -0.15) is 9.78 Å². The van der Waals surface area contributed by atoms with E-state index in [0.717, 1.165) is 24.7 Å². The molecular weight excluding hydrogens is 154 g/mol. The Morgan fingerprint density at radius 2 is 2.50 bits per heavy atom. The van der Waals surface area contributed by atoms with E-state index in [9.17, 15) is 0 Å². The molecule has 0 atom stereocenters. The van der Waals surface area contributed by atoms with Gasteiger partial charge in [-0.25, -0.2) is 4.99 Å². The van der Waals surface area contributed by atoms with Crippen LogP contribution in [0.5, 0.6) is 0 Å². The average molecular weight is 165 g/mol. The summed E-state index contributed by atoms with van der Waals surface area (Å²) in [4.78, 5) is 4.21. The summed E-state index contributed by atoms with van der Waals surface area (Å²) < 4.78 is 1.63. The number of nitrogens with zero attached hydrogens (tertiary/aromatic N) is 3. The van der Waals surface area contributed by atoms with Crippen LogP contribution in [0.2, 0.25) is 0 Å². The second kappa shape index (κ2) is 2.51. The number of nitrogen functional groups attached to an aromatic ring is 1. The van der Waals surface area contributed by atoms with Crippen molar-refractivity contribution in [1.82, 2.24) is 15.1 Å². The number of rotatable bonds is 0. The summed E-state index contributed by atoms with van der Waals surface area (Å²) in [5.74, 6) is 1.38. The fourth-order valence-corrected chi connectivity index (χ4v) is 1.22. The maximum Gasteiger partial charge on any atom is 0.221 e. The highest BCUT2D eigenvalue weighted by Crippen LogP contribution is 2.05. The van der Waals surface area contributed by atoms with Crippen molar-refractivity contribution >= 4 is 11.8 Å². The van der Waals surface area contributed by atoms with Gasteiger partial charge in [0.05, 0.1) is 12.2 Å². The largest absolute Gasteiger partial charge is 0.383 e. The van der Waals surface area contributed by atoms with Gasteiger partial charge in [0.15, 0.2) is 0 Å². The van der Waals surface area contributed by atoms with Gasteiger partial charge in [0.1, 0.15) is 5.82 Å². The SMILES string of the molecule is Cc1cc(N)n(C2=NCCN2)n1. The third kappa shape index (κ3) is 1.03. The van der Waals surface area contributed by atoms with Crippen molar-refractivity contribution in [2.45, 2.75) is 6.92 Å². The van der Waals surface area contributed by atoms with Crippen LogP contribution in [0.15, 0.2) is 11.1 Å². The number of hydrogen-bond donors (Lipinski definition) is 2. The first kappa shape index (κ1) is 7.15. The molecule has 0 saturated carbocycles. The Hall–Kier alpha value is -1.52. The van der Waals surface area contributed by atoms with Crippen LogP contribution in [-0.2, 0) is 0 Å². The topological polar surface area (TPSA) is 68.2 Å². The van der Waals surface area contributed by atoms with E-state index in [4.69, 9.17) is 5.73 Å². The smallest absolute Gasteiger partial charge is 0.221 e. The quantitative estimate of drug-likeness (QED) is 0.548. The number of anilines is 1. The van der Waals surface area contributed by atoms with E-state index in [-0.39, 0.29) is 0 Å². The monoisotopic (exact) mass is 165 g/mol. The number of aryl methyl sites for hydroxylation is 1. The number of hydrogen-bond acceptors (Lipinski definition) is 4. The number of nitrogens with one attached hydrogen (secondary N) is 1. The van der Waals surface area contributed by atoms with Crippen molar-refractivity contribution in [1.29, 1.82) is 0 Å². The van der Waals surface area contributed by atoms with Gasteiger partial charge in [0.25, 0.3) is 0 Å². The molecule has 1 aliphatic heterocycles. The molecule has 0 unspecified atom stereocenters. The molecule has 64 valence electrons. The Kier molecular flexibility index (Phi) is 1.49. The van der Waals surface area contributed by atoms with Gasteiger partial charge in [-0.05, 0) is 6.92 Å². The van der Waals surface area contributed by atoms with E-state index in [2.05, 4.69) is 15.4 Å². The zero-order valence-electron chi connectivity index (χ0n) is 6.91.